The lowest BCUT2D eigenvalue weighted by atomic mass is 10.1. The van der Waals surface area contributed by atoms with Gasteiger partial charge in [-0.1, -0.05) is 0 Å². The first-order valence-corrected chi connectivity index (χ1v) is 10.2. The van der Waals surface area contributed by atoms with E-state index >= 15 is 0 Å². The third-order valence-electron chi connectivity index (χ3n) is 5.63. The number of fused-ring (bicyclic) bond motifs is 2. The zero-order valence-corrected chi connectivity index (χ0v) is 16.2. The third-order valence-corrected chi connectivity index (χ3v) is 5.63. The molecule has 146 valence electrons. The zero-order valence-electron chi connectivity index (χ0n) is 16.2. The molecule has 4 heterocycles. The molecule has 0 aliphatic carbocycles. The lowest BCUT2D eigenvalue weighted by Crippen LogP contribution is -2.45. The molecule has 3 aromatic rings. The number of rotatable bonds is 5. The summed E-state index contributed by atoms with van der Waals surface area (Å²) in [4.78, 5) is 7.44. The third kappa shape index (κ3) is 3.05. The van der Waals surface area contributed by atoms with Crippen LogP contribution in [0.15, 0.2) is 36.5 Å². The lowest BCUT2D eigenvalue weighted by molar-refractivity contribution is 0.340. The number of ether oxygens (including phenoxy) is 1. The fraction of sp³-hybridized carbons (Fsp3) is 0.429. The Kier molecular flexibility index (Phi) is 4.52. The number of aromatic nitrogens is 3. The van der Waals surface area contributed by atoms with E-state index in [1.807, 2.05) is 48.0 Å². The van der Waals surface area contributed by atoms with E-state index in [2.05, 4.69) is 20.6 Å². The van der Waals surface area contributed by atoms with Gasteiger partial charge in [0.05, 0.1) is 12.8 Å². The summed E-state index contributed by atoms with van der Waals surface area (Å²) in [5.74, 6) is 3.00. The molecule has 2 N–H and O–H groups in total. The first-order valence-electron chi connectivity index (χ1n) is 10.2. The Morgan fingerprint density at radius 1 is 1.25 bits per heavy atom. The first-order chi connectivity index (χ1) is 13.8. The highest BCUT2D eigenvalue weighted by Gasteiger charge is 2.31. The Morgan fingerprint density at radius 3 is 2.93 bits per heavy atom. The van der Waals surface area contributed by atoms with Crippen LogP contribution in [0, 0.1) is 0 Å². The van der Waals surface area contributed by atoms with E-state index in [1.165, 1.54) is 18.4 Å². The SMILES string of the molecule is CCOc1ccc(Nc2c3c(nc4ccnn24)N([C@H]2CCCNC2)CC3)cc1. The van der Waals surface area contributed by atoms with Crippen molar-refractivity contribution in [2.75, 3.05) is 36.5 Å². The van der Waals surface area contributed by atoms with E-state index < -0.39 is 0 Å². The highest BCUT2D eigenvalue weighted by Crippen LogP contribution is 2.36. The van der Waals surface area contributed by atoms with Crippen molar-refractivity contribution in [3.63, 3.8) is 0 Å². The maximum atomic E-state index is 5.56. The van der Waals surface area contributed by atoms with Crippen molar-refractivity contribution in [3.05, 3.63) is 42.1 Å². The summed E-state index contributed by atoms with van der Waals surface area (Å²) in [5, 5.41) is 11.6. The van der Waals surface area contributed by atoms with Crippen molar-refractivity contribution >= 4 is 23.0 Å². The average Bonchev–Trinajstić information content (AvgIpc) is 3.37. The van der Waals surface area contributed by atoms with Crippen LogP contribution in [0.2, 0.25) is 0 Å². The van der Waals surface area contributed by atoms with Crippen molar-refractivity contribution in [2.24, 2.45) is 0 Å². The highest BCUT2D eigenvalue weighted by atomic mass is 16.5. The molecule has 2 aliphatic heterocycles. The van der Waals surface area contributed by atoms with Gasteiger partial charge in [0.25, 0.3) is 0 Å². The van der Waals surface area contributed by atoms with Crippen molar-refractivity contribution in [1.82, 2.24) is 19.9 Å². The number of nitrogens with zero attached hydrogens (tertiary/aromatic N) is 4. The summed E-state index contributed by atoms with van der Waals surface area (Å²) in [6.07, 6.45) is 5.24. The van der Waals surface area contributed by atoms with E-state index in [4.69, 9.17) is 9.72 Å². The summed E-state index contributed by atoms with van der Waals surface area (Å²) < 4.78 is 7.47. The van der Waals surface area contributed by atoms with Gasteiger partial charge in [-0.3, -0.25) is 0 Å². The van der Waals surface area contributed by atoms with E-state index in [1.54, 1.807) is 0 Å². The summed E-state index contributed by atoms with van der Waals surface area (Å²) in [7, 11) is 0. The number of benzene rings is 1. The fourth-order valence-electron chi connectivity index (χ4n) is 4.29. The lowest BCUT2D eigenvalue weighted by Gasteiger charge is -2.33. The fourth-order valence-corrected chi connectivity index (χ4v) is 4.29. The highest BCUT2D eigenvalue weighted by molar-refractivity contribution is 5.72. The minimum Gasteiger partial charge on any atom is -0.494 e. The van der Waals surface area contributed by atoms with Crippen molar-refractivity contribution in [2.45, 2.75) is 32.2 Å². The van der Waals surface area contributed by atoms with E-state index in [9.17, 15) is 0 Å². The molecule has 2 aromatic heterocycles. The van der Waals surface area contributed by atoms with Gasteiger partial charge in [-0.2, -0.15) is 9.61 Å². The largest absolute Gasteiger partial charge is 0.494 e. The summed E-state index contributed by atoms with van der Waals surface area (Å²) in [5.41, 5.74) is 3.14. The Morgan fingerprint density at radius 2 is 2.14 bits per heavy atom. The van der Waals surface area contributed by atoms with E-state index in [-0.39, 0.29) is 0 Å². The van der Waals surface area contributed by atoms with Crippen molar-refractivity contribution < 1.29 is 4.74 Å². The van der Waals surface area contributed by atoms with Crippen LogP contribution in [0.25, 0.3) is 5.65 Å². The number of hydrogen-bond donors (Lipinski definition) is 2. The molecule has 7 heteroatoms. The van der Waals surface area contributed by atoms with Crippen LogP contribution >= 0.6 is 0 Å². The van der Waals surface area contributed by atoms with Crippen LogP contribution < -0.4 is 20.3 Å². The molecule has 7 nitrogen and oxygen atoms in total. The number of piperidine rings is 1. The molecule has 0 spiro atoms. The summed E-state index contributed by atoms with van der Waals surface area (Å²) >= 11 is 0. The van der Waals surface area contributed by atoms with E-state index in [0.717, 1.165) is 54.8 Å². The molecule has 1 atom stereocenters. The molecular formula is C21H26N6O. The number of hydrogen-bond acceptors (Lipinski definition) is 6. The molecule has 1 aromatic carbocycles. The normalized spacial score (nSPS) is 19.0. The molecule has 0 amide bonds. The standard InChI is InChI=1S/C21H26N6O/c1-2-28-17-7-5-15(6-8-17)24-21-18-10-13-26(16-4-3-11-22-14-16)20(18)25-19-9-12-23-27(19)21/h5-9,12,16,22,24H,2-4,10-11,13-14H2,1H3/t16-/m0/s1. The predicted molar refractivity (Wildman–Crippen MR) is 111 cm³/mol. The minimum absolute atomic E-state index is 0.520. The maximum Gasteiger partial charge on any atom is 0.159 e. The van der Waals surface area contributed by atoms with Crippen LogP contribution in [0.3, 0.4) is 0 Å². The molecule has 0 radical (unpaired) electrons. The predicted octanol–water partition coefficient (Wildman–Crippen LogP) is 2.99. The van der Waals surface area contributed by atoms with Gasteiger partial charge < -0.3 is 20.3 Å². The van der Waals surface area contributed by atoms with Gasteiger partial charge in [-0.15, -0.1) is 0 Å². The second-order valence-corrected chi connectivity index (χ2v) is 7.39. The van der Waals surface area contributed by atoms with Crippen LogP contribution in [0.4, 0.5) is 17.3 Å². The molecule has 2 aliphatic rings. The van der Waals surface area contributed by atoms with Gasteiger partial charge in [0, 0.05) is 36.4 Å². The molecule has 1 saturated heterocycles. The summed E-state index contributed by atoms with van der Waals surface area (Å²) in [6.45, 7) is 5.84. The number of anilines is 3. The quantitative estimate of drug-likeness (QED) is 0.712. The van der Waals surface area contributed by atoms with Gasteiger partial charge in [-0.25, -0.2) is 4.98 Å². The topological polar surface area (TPSA) is 66.7 Å². The van der Waals surface area contributed by atoms with Crippen LogP contribution in [0.1, 0.15) is 25.3 Å². The minimum atomic E-state index is 0.520. The second-order valence-electron chi connectivity index (χ2n) is 7.39. The molecule has 0 unspecified atom stereocenters. The Hall–Kier alpha value is -2.80. The Bertz CT molecular complexity index is 961. The molecule has 0 saturated carbocycles. The van der Waals surface area contributed by atoms with Crippen LogP contribution in [0.5, 0.6) is 5.75 Å². The molecular weight excluding hydrogens is 352 g/mol. The molecule has 1 fully saturated rings. The van der Waals surface area contributed by atoms with Crippen LogP contribution in [-0.2, 0) is 6.42 Å². The van der Waals surface area contributed by atoms with Crippen molar-refractivity contribution in [1.29, 1.82) is 0 Å². The van der Waals surface area contributed by atoms with Crippen molar-refractivity contribution in [3.8, 4) is 5.75 Å². The van der Waals surface area contributed by atoms with Gasteiger partial charge >= 0.3 is 0 Å². The van der Waals surface area contributed by atoms with E-state index in [0.29, 0.717) is 12.6 Å². The zero-order chi connectivity index (χ0) is 18.9. The summed E-state index contributed by atoms with van der Waals surface area (Å²) in [6, 6.07) is 10.6. The first kappa shape index (κ1) is 17.3. The Labute approximate surface area is 164 Å². The van der Waals surface area contributed by atoms with Gasteiger partial charge in [0.1, 0.15) is 17.4 Å². The monoisotopic (exact) mass is 378 g/mol. The number of nitrogens with one attached hydrogen (secondary N) is 2. The van der Waals surface area contributed by atoms with Gasteiger partial charge in [0.15, 0.2) is 5.65 Å². The maximum absolute atomic E-state index is 5.56. The Balaban J connectivity index is 1.51. The van der Waals surface area contributed by atoms with Gasteiger partial charge in [-0.05, 0) is 57.0 Å². The second kappa shape index (κ2) is 7.31. The molecule has 0 bridgehead atoms. The average molecular weight is 378 g/mol. The smallest absolute Gasteiger partial charge is 0.159 e. The molecule has 28 heavy (non-hydrogen) atoms. The van der Waals surface area contributed by atoms with Gasteiger partial charge in [0.2, 0.25) is 0 Å². The molecule has 5 rings (SSSR count). The van der Waals surface area contributed by atoms with Crippen LogP contribution in [-0.4, -0.2) is 46.9 Å².